The quantitative estimate of drug-likeness (QED) is 0.409. The molecule has 0 aliphatic heterocycles. The Labute approximate surface area is 188 Å². The number of fused-ring (bicyclic) bond motifs is 1. The molecule has 1 fully saturated rings. The van der Waals surface area contributed by atoms with Gasteiger partial charge >= 0.3 is 12.0 Å². The molecule has 0 atom stereocenters. The lowest BCUT2D eigenvalue weighted by molar-refractivity contribution is -0.138. The van der Waals surface area contributed by atoms with E-state index in [4.69, 9.17) is 9.84 Å². The molecule has 1 aliphatic rings. The van der Waals surface area contributed by atoms with E-state index in [-0.39, 0.29) is 24.0 Å². The Balaban J connectivity index is 1.23. The van der Waals surface area contributed by atoms with Gasteiger partial charge in [0, 0.05) is 42.2 Å². The highest BCUT2D eigenvalue weighted by atomic mass is 16.5. The Kier molecular flexibility index (Phi) is 5.55. The summed E-state index contributed by atoms with van der Waals surface area (Å²) in [5, 5.41) is 8.93. The van der Waals surface area contributed by atoms with Gasteiger partial charge in [-0.15, -0.1) is 0 Å². The average Bonchev–Trinajstić information content (AvgIpc) is 3.24. The molecule has 10 nitrogen and oxygen atoms in total. The van der Waals surface area contributed by atoms with Crippen molar-refractivity contribution in [3.8, 4) is 28.7 Å². The van der Waals surface area contributed by atoms with E-state index < -0.39 is 5.97 Å². The third-order valence-electron chi connectivity index (χ3n) is 5.86. The number of nitrogens with one attached hydrogen (secondary N) is 2. The topological polar surface area (TPSA) is 147 Å². The zero-order chi connectivity index (χ0) is 22.8. The van der Waals surface area contributed by atoms with Crippen molar-refractivity contribution >= 4 is 17.1 Å². The summed E-state index contributed by atoms with van der Waals surface area (Å²) in [6.45, 7) is 0. The second kappa shape index (κ2) is 8.81. The van der Waals surface area contributed by atoms with Crippen molar-refractivity contribution in [2.75, 3.05) is 0 Å². The van der Waals surface area contributed by atoms with Crippen LogP contribution in [-0.2, 0) is 4.79 Å². The molecule has 0 aromatic carbocycles. The van der Waals surface area contributed by atoms with Crippen LogP contribution < -0.4 is 10.3 Å². The van der Waals surface area contributed by atoms with E-state index in [0.717, 1.165) is 42.3 Å². The fraction of sp³-hybridized carbons (Fsp3) is 0.304. The number of hydrogen-bond acceptors (Lipinski definition) is 7. The Morgan fingerprint density at radius 3 is 2.42 bits per heavy atom. The molecular formula is C23H22N6O4. The summed E-state index contributed by atoms with van der Waals surface area (Å²) in [4.78, 5) is 45.7. The standard InChI is InChI=1S/C23H22N6O4/c30-19-8-7-18-22(28-19)29-21(27-18)14-3-6-17(24-10-14)15-11-25-23(26-12-15)33-16-4-1-13(2-5-16)9-20(31)32/h3,6-8,10-13,16H,1-2,4-5,9H2,(H,31,32)(H2,27,28,29,30). The van der Waals surface area contributed by atoms with Gasteiger partial charge in [-0.3, -0.25) is 14.6 Å². The molecule has 0 radical (unpaired) electrons. The summed E-state index contributed by atoms with van der Waals surface area (Å²) in [5.41, 5.74) is 3.30. The Morgan fingerprint density at radius 1 is 0.970 bits per heavy atom. The van der Waals surface area contributed by atoms with Gasteiger partial charge in [0.2, 0.25) is 5.56 Å². The highest BCUT2D eigenvalue weighted by Crippen LogP contribution is 2.29. The van der Waals surface area contributed by atoms with Crippen LogP contribution in [0.1, 0.15) is 32.1 Å². The summed E-state index contributed by atoms with van der Waals surface area (Å²) >= 11 is 0. The molecule has 4 heterocycles. The number of H-pyrrole nitrogens is 2. The average molecular weight is 446 g/mol. The summed E-state index contributed by atoms with van der Waals surface area (Å²) < 4.78 is 5.89. The molecule has 1 saturated carbocycles. The monoisotopic (exact) mass is 446 g/mol. The molecule has 4 aromatic heterocycles. The lowest BCUT2D eigenvalue weighted by Gasteiger charge is -2.27. The molecule has 0 bridgehead atoms. The fourth-order valence-corrected chi connectivity index (χ4v) is 4.12. The van der Waals surface area contributed by atoms with Crippen LogP contribution in [0.4, 0.5) is 0 Å². The molecule has 0 unspecified atom stereocenters. The van der Waals surface area contributed by atoms with Gasteiger partial charge in [0.1, 0.15) is 11.9 Å². The SMILES string of the molecule is O=C(O)CC1CCC(Oc2ncc(-c3ccc(-c4nc5[nH]c(=O)ccc5[nH]4)cn3)cn2)CC1. The van der Waals surface area contributed by atoms with Crippen LogP contribution in [0.15, 0.2) is 47.7 Å². The molecule has 10 heteroatoms. The van der Waals surface area contributed by atoms with Gasteiger partial charge in [-0.2, -0.15) is 0 Å². The molecule has 4 aromatic rings. The summed E-state index contributed by atoms with van der Waals surface area (Å²) in [7, 11) is 0. The first-order valence-corrected chi connectivity index (χ1v) is 10.8. The minimum atomic E-state index is -0.742. The fourth-order valence-electron chi connectivity index (χ4n) is 4.12. The molecule has 0 spiro atoms. The van der Waals surface area contributed by atoms with Crippen LogP contribution in [0.5, 0.6) is 6.01 Å². The summed E-state index contributed by atoms with van der Waals surface area (Å²) in [5.74, 6) is 0.0966. The number of hydrogen-bond donors (Lipinski definition) is 3. The summed E-state index contributed by atoms with van der Waals surface area (Å²) in [6, 6.07) is 7.19. The van der Waals surface area contributed by atoms with Crippen LogP contribution >= 0.6 is 0 Å². The molecule has 1 aliphatic carbocycles. The lowest BCUT2D eigenvalue weighted by Crippen LogP contribution is -2.25. The number of aliphatic carboxylic acids is 1. The minimum Gasteiger partial charge on any atom is -0.481 e. The number of aromatic nitrogens is 6. The van der Waals surface area contributed by atoms with Gasteiger partial charge in [0.25, 0.3) is 0 Å². The van der Waals surface area contributed by atoms with Crippen molar-refractivity contribution in [1.29, 1.82) is 0 Å². The first kappa shape index (κ1) is 20.8. The van der Waals surface area contributed by atoms with Gasteiger partial charge in [-0.25, -0.2) is 15.0 Å². The Bertz CT molecular complexity index is 1320. The smallest absolute Gasteiger partial charge is 0.316 e. The van der Waals surface area contributed by atoms with Gasteiger partial charge in [-0.05, 0) is 49.8 Å². The summed E-state index contributed by atoms with van der Waals surface area (Å²) in [6.07, 6.45) is 8.57. The first-order valence-electron chi connectivity index (χ1n) is 10.8. The zero-order valence-corrected chi connectivity index (χ0v) is 17.7. The van der Waals surface area contributed by atoms with Crippen molar-refractivity contribution < 1.29 is 14.6 Å². The van der Waals surface area contributed by atoms with Crippen molar-refractivity contribution in [1.82, 2.24) is 29.9 Å². The molecule has 0 saturated heterocycles. The molecule has 33 heavy (non-hydrogen) atoms. The number of rotatable bonds is 6. The number of carboxylic acid groups (broad SMARTS) is 1. The minimum absolute atomic E-state index is 0.0112. The third kappa shape index (κ3) is 4.74. The lowest BCUT2D eigenvalue weighted by atomic mass is 9.85. The number of carboxylic acids is 1. The van der Waals surface area contributed by atoms with E-state index in [9.17, 15) is 9.59 Å². The maximum absolute atomic E-state index is 11.5. The molecule has 0 amide bonds. The number of imidazole rings is 1. The second-order valence-corrected chi connectivity index (χ2v) is 8.22. The molecular weight excluding hydrogens is 424 g/mol. The number of carbonyl (C=O) groups is 1. The Hall–Kier alpha value is -4.08. The normalized spacial score (nSPS) is 18.3. The van der Waals surface area contributed by atoms with Crippen molar-refractivity contribution in [2.45, 2.75) is 38.2 Å². The van der Waals surface area contributed by atoms with Gasteiger partial charge in [0.15, 0.2) is 5.65 Å². The molecule has 5 rings (SSSR count). The number of pyridine rings is 2. The highest BCUT2D eigenvalue weighted by Gasteiger charge is 2.24. The number of ether oxygens (including phenoxy) is 1. The van der Waals surface area contributed by atoms with Crippen LogP contribution in [0.25, 0.3) is 33.8 Å². The maximum Gasteiger partial charge on any atom is 0.316 e. The van der Waals surface area contributed by atoms with E-state index in [2.05, 4.69) is 29.9 Å². The van der Waals surface area contributed by atoms with E-state index >= 15 is 0 Å². The predicted octanol–water partition coefficient (Wildman–Crippen LogP) is 3.18. The highest BCUT2D eigenvalue weighted by molar-refractivity contribution is 5.75. The van der Waals surface area contributed by atoms with Crippen molar-refractivity contribution in [3.63, 3.8) is 0 Å². The van der Waals surface area contributed by atoms with Crippen LogP contribution in [0, 0.1) is 5.92 Å². The van der Waals surface area contributed by atoms with Gasteiger partial charge in [-0.1, -0.05) is 0 Å². The van der Waals surface area contributed by atoms with Crippen molar-refractivity contribution in [3.05, 3.63) is 53.2 Å². The van der Waals surface area contributed by atoms with Crippen LogP contribution in [-0.4, -0.2) is 47.1 Å². The van der Waals surface area contributed by atoms with E-state index in [1.807, 2.05) is 12.1 Å². The zero-order valence-electron chi connectivity index (χ0n) is 17.7. The van der Waals surface area contributed by atoms with Crippen LogP contribution in [0.2, 0.25) is 0 Å². The Morgan fingerprint density at radius 2 is 1.73 bits per heavy atom. The number of nitrogens with zero attached hydrogens (tertiary/aromatic N) is 4. The van der Waals surface area contributed by atoms with Crippen LogP contribution in [0.3, 0.4) is 0 Å². The predicted molar refractivity (Wildman–Crippen MR) is 120 cm³/mol. The second-order valence-electron chi connectivity index (χ2n) is 8.22. The largest absolute Gasteiger partial charge is 0.481 e. The number of aromatic amines is 2. The van der Waals surface area contributed by atoms with Gasteiger partial charge in [0.05, 0.1) is 11.2 Å². The van der Waals surface area contributed by atoms with Crippen molar-refractivity contribution in [2.24, 2.45) is 5.92 Å². The van der Waals surface area contributed by atoms with E-state index in [1.54, 1.807) is 24.7 Å². The first-order chi connectivity index (χ1) is 16.0. The van der Waals surface area contributed by atoms with Gasteiger partial charge < -0.3 is 19.8 Å². The third-order valence-corrected chi connectivity index (χ3v) is 5.86. The molecule has 3 N–H and O–H groups in total. The van der Waals surface area contributed by atoms with E-state index in [0.29, 0.717) is 23.2 Å². The maximum atomic E-state index is 11.5. The molecule has 168 valence electrons. The van der Waals surface area contributed by atoms with E-state index in [1.165, 1.54) is 6.07 Å².